The second-order valence-electron chi connectivity index (χ2n) is 4.85. The van der Waals surface area contributed by atoms with Gasteiger partial charge in [-0.3, -0.25) is 0 Å². The monoisotopic (exact) mass is 316 g/mol. The van der Waals surface area contributed by atoms with Gasteiger partial charge in [0.1, 0.15) is 11.4 Å². The number of halogens is 1. The number of rotatable bonds is 3. The Morgan fingerprint density at radius 2 is 2.00 bits per heavy atom. The first-order valence-corrected chi connectivity index (χ1v) is 7.01. The zero-order chi connectivity index (χ0) is 15.7. The molecule has 22 heavy (non-hydrogen) atoms. The van der Waals surface area contributed by atoms with Gasteiger partial charge in [0.2, 0.25) is 0 Å². The van der Waals surface area contributed by atoms with E-state index in [9.17, 15) is 9.90 Å². The van der Waals surface area contributed by atoms with Crippen LogP contribution in [0.15, 0.2) is 61.2 Å². The predicted molar refractivity (Wildman–Crippen MR) is 82.0 cm³/mol. The highest BCUT2D eigenvalue weighted by atomic mass is 35.5. The maximum Gasteiger partial charge on any atom is 0.373 e. The van der Waals surface area contributed by atoms with Crippen LogP contribution in [0.3, 0.4) is 0 Å². The minimum absolute atomic E-state index is 0.409. The Hall–Kier alpha value is -2.30. The van der Waals surface area contributed by atoms with E-state index in [1.165, 1.54) is 0 Å². The Morgan fingerprint density at radius 1 is 1.27 bits per heavy atom. The zero-order valence-electron chi connectivity index (χ0n) is 11.5. The fourth-order valence-electron chi connectivity index (χ4n) is 2.55. The fourth-order valence-corrected chi connectivity index (χ4v) is 2.73. The van der Waals surface area contributed by atoms with E-state index in [2.05, 4.69) is 6.58 Å². The SMILES string of the molecule is C=CC1(c2ccccc2)OC(C(=O)O)Oc2ccc(Cl)cc21. The third-order valence-corrected chi connectivity index (χ3v) is 3.80. The lowest BCUT2D eigenvalue weighted by molar-refractivity contribution is -0.195. The third-order valence-electron chi connectivity index (χ3n) is 3.56. The van der Waals surface area contributed by atoms with E-state index in [0.717, 1.165) is 5.56 Å². The molecule has 0 aliphatic carbocycles. The second kappa shape index (κ2) is 5.48. The van der Waals surface area contributed by atoms with Gasteiger partial charge in [-0.05, 0) is 23.8 Å². The van der Waals surface area contributed by atoms with Crippen molar-refractivity contribution in [2.45, 2.75) is 11.9 Å². The molecule has 0 radical (unpaired) electrons. The highest BCUT2D eigenvalue weighted by Gasteiger charge is 2.44. The summed E-state index contributed by atoms with van der Waals surface area (Å²) in [5, 5.41) is 9.78. The van der Waals surface area contributed by atoms with Crippen LogP contribution in [-0.2, 0) is 15.1 Å². The molecule has 1 aliphatic heterocycles. The Bertz CT molecular complexity index is 729. The topological polar surface area (TPSA) is 55.8 Å². The zero-order valence-corrected chi connectivity index (χ0v) is 12.3. The molecular formula is C17H13ClO4. The van der Waals surface area contributed by atoms with Crippen molar-refractivity contribution in [2.75, 3.05) is 0 Å². The van der Waals surface area contributed by atoms with E-state index >= 15 is 0 Å². The van der Waals surface area contributed by atoms with Gasteiger partial charge in [0, 0.05) is 10.6 Å². The number of hydrogen-bond acceptors (Lipinski definition) is 3. The molecule has 2 aromatic carbocycles. The molecule has 1 aliphatic rings. The molecule has 0 fully saturated rings. The first-order chi connectivity index (χ1) is 10.6. The van der Waals surface area contributed by atoms with Crippen LogP contribution in [0.2, 0.25) is 5.02 Å². The molecular weight excluding hydrogens is 304 g/mol. The summed E-state index contributed by atoms with van der Waals surface area (Å²) < 4.78 is 11.2. The molecule has 0 saturated carbocycles. The van der Waals surface area contributed by atoms with Crippen molar-refractivity contribution >= 4 is 17.6 Å². The molecule has 0 amide bonds. The van der Waals surface area contributed by atoms with Gasteiger partial charge in [-0.2, -0.15) is 0 Å². The number of hydrogen-bond donors (Lipinski definition) is 1. The van der Waals surface area contributed by atoms with E-state index < -0.39 is 17.9 Å². The minimum atomic E-state index is -1.42. The number of carboxylic acid groups (broad SMARTS) is 1. The highest BCUT2D eigenvalue weighted by Crippen LogP contribution is 2.45. The summed E-state index contributed by atoms with van der Waals surface area (Å²) >= 11 is 6.09. The van der Waals surface area contributed by atoms with E-state index in [0.29, 0.717) is 16.3 Å². The molecule has 2 atom stereocenters. The molecule has 0 bridgehead atoms. The van der Waals surface area contributed by atoms with Gasteiger partial charge in [0.25, 0.3) is 0 Å². The highest BCUT2D eigenvalue weighted by molar-refractivity contribution is 6.30. The van der Waals surface area contributed by atoms with Crippen LogP contribution in [0.1, 0.15) is 11.1 Å². The van der Waals surface area contributed by atoms with Crippen LogP contribution < -0.4 is 4.74 Å². The molecule has 0 aromatic heterocycles. The number of carboxylic acids is 1. The first kappa shape index (κ1) is 14.6. The van der Waals surface area contributed by atoms with Crippen LogP contribution >= 0.6 is 11.6 Å². The van der Waals surface area contributed by atoms with Gasteiger partial charge < -0.3 is 14.6 Å². The van der Waals surface area contributed by atoms with E-state index in [1.54, 1.807) is 24.3 Å². The van der Waals surface area contributed by atoms with Crippen molar-refractivity contribution in [3.63, 3.8) is 0 Å². The average Bonchev–Trinajstić information content (AvgIpc) is 2.54. The lowest BCUT2D eigenvalue weighted by Gasteiger charge is -2.39. The maximum atomic E-state index is 11.4. The van der Waals surface area contributed by atoms with Crippen molar-refractivity contribution < 1.29 is 19.4 Å². The third kappa shape index (κ3) is 2.26. The van der Waals surface area contributed by atoms with Crippen LogP contribution in [0.4, 0.5) is 0 Å². The molecule has 3 rings (SSSR count). The summed E-state index contributed by atoms with van der Waals surface area (Å²) in [4.78, 5) is 11.4. The van der Waals surface area contributed by atoms with Crippen molar-refractivity contribution in [1.29, 1.82) is 0 Å². The lowest BCUT2D eigenvalue weighted by atomic mass is 9.84. The van der Waals surface area contributed by atoms with Gasteiger partial charge in [-0.25, -0.2) is 4.79 Å². The van der Waals surface area contributed by atoms with Crippen LogP contribution in [0.5, 0.6) is 5.75 Å². The molecule has 1 heterocycles. The molecule has 0 saturated heterocycles. The Kier molecular flexibility index (Phi) is 3.64. The molecule has 2 aromatic rings. The van der Waals surface area contributed by atoms with Crippen LogP contribution in [0, 0.1) is 0 Å². The van der Waals surface area contributed by atoms with E-state index in [4.69, 9.17) is 21.1 Å². The predicted octanol–water partition coefficient (Wildman–Crippen LogP) is 3.59. The molecule has 0 spiro atoms. The second-order valence-corrected chi connectivity index (χ2v) is 5.29. The summed E-state index contributed by atoms with van der Waals surface area (Å²) in [5.74, 6) is -0.797. The normalized spacial score (nSPS) is 23.2. The molecule has 5 heteroatoms. The molecule has 112 valence electrons. The smallest absolute Gasteiger partial charge is 0.373 e. The van der Waals surface area contributed by atoms with E-state index in [-0.39, 0.29) is 0 Å². The number of carbonyl (C=O) groups is 1. The Labute approximate surface area is 132 Å². The number of ether oxygens (including phenoxy) is 2. The van der Waals surface area contributed by atoms with Crippen molar-refractivity contribution in [2.24, 2.45) is 0 Å². The number of fused-ring (bicyclic) bond motifs is 1. The minimum Gasteiger partial charge on any atom is -0.477 e. The Morgan fingerprint density at radius 3 is 2.64 bits per heavy atom. The fraction of sp³-hybridized carbons (Fsp3) is 0.118. The average molecular weight is 317 g/mol. The van der Waals surface area contributed by atoms with Crippen molar-refractivity contribution in [3.8, 4) is 5.75 Å². The molecule has 1 N–H and O–H groups in total. The van der Waals surface area contributed by atoms with Gasteiger partial charge in [0.05, 0.1) is 0 Å². The van der Waals surface area contributed by atoms with Gasteiger partial charge in [-0.1, -0.05) is 54.6 Å². The van der Waals surface area contributed by atoms with Crippen molar-refractivity contribution in [1.82, 2.24) is 0 Å². The first-order valence-electron chi connectivity index (χ1n) is 6.63. The Balaban J connectivity index is 2.26. The van der Waals surface area contributed by atoms with Crippen molar-refractivity contribution in [3.05, 3.63) is 77.3 Å². The standard InChI is InChI=1S/C17H13ClO4/c1-2-17(11-6-4-3-5-7-11)13-10-12(18)8-9-14(13)21-16(22-17)15(19)20/h2-10,16H,1H2,(H,19,20). The molecule has 2 unspecified atom stereocenters. The van der Waals surface area contributed by atoms with Gasteiger partial charge in [-0.15, -0.1) is 0 Å². The van der Waals surface area contributed by atoms with Crippen LogP contribution in [-0.4, -0.2) is 17.4 Å². The lowest BCUT2D eigenvalue weighted by Crippen LogP contribution is -2.44. The quantitative estimate of drug-likeness (QED) is 0.879. The summed E-state index contributed by atoms with van der Waals surface area (Å²) in [6.45, 7) is 3.84. The maximum absolute atomic E-state index is 11.4. The van der Waals surface area contributed by atoms with Crippen LogP contribution in [0.25, 0.3) is 0 Å². The number of benzene rings is 2. The summed E-state index contributed by atoms with van der Waals surface area (Å²) in [6, 6.07) is 14.2. The summed E-state index contributed by atoms with van der Waals surface area (Å²) in [6.07, 6.45) is 0.141. The summed E-state index contributed by atoms with van der Waals surface area (Å²) in [5.41, 5.74) is 0.241. The molecule has 4 nitrogen and oxygen atoms in total. The van der Waals surface area contributed by atoms with E-state index in [1.807, 2.05) is 30.3 Å². The summed E-state index contributed by atoms with van der Waals surface area (Å²) in [7, 11) is 0. The largest absolute Gasteiger partial charge is 0.477 e. The van der Waals surface area contributed by atoms with Gasteiger partial charge in [0.15, 0.2) is 0 Å². The number of aliphatic carboxylic acids is 1. The van der Waals surface area contributed by atoms with Gasteiger partial charge >= 0.3 is 12.3 Å².